The molecule has 1 amide bonds. The van der Waals surface area contributed by atoms with Crippen molar-refractivity contribution in [2.24, 2.45) is 0 Å². The van der Waals surface area contributed by atoms with Crippen molar-refractivity contribution in [2.45, 2.75) is 39.0 Å². The van der Waals surface area contributed by atoms with E-state index in [2.05, 4.69) is 16.9 Å². The topological polar surface area (TPSA) is 75.6 Å². The fourth-order valence-electron chi connectivity index (χ4n) is 0.945. The van der Waals surface area contributed by atoms with Crippen LogP contribution in [0.3, 0.4) is 0 Å². The third kappa shape index (κ3) is 7.00. The molecule has 92 valence electrons. The summed E-state index contributed by atoms with van der Waals surface area (Å²) in [7, 11) is 0. The zero-order valence-electron chi connectivity index (χ0n) is 9.62. The van der Waals surface area contributed by atoms with Gasteiger partial charge in [0.15, 0.2) is 0 Å². The van der Waals surface area contributed by atoms with Gasteiger partial charge in [-0.3, -0.25) is 4.79 Å². The van der Waals surface area contributed by atoms with Crippen LogP contribution < -0.4 is 5.48 Å². The number of rotatable bonds is 7. The Morgan fingerprint density at radius 3 is 2.56 bits per heavy atom. The van der Waals surface area contributed by atoms with Crippen LogP contribution in [0.5, 0.6) is 0 Å². The van der Waals surface area contributed by atoms with Gasteiger partial charge in [-0.2, -0.15) is 5.48 Å². The fourth-order valence-corrected chi connectivity index (χ4v) is 0.945. The van der Waals surface area contributed by atoms with E-state index in [0.717, 1.165) is 6.42 Å². The van der Waals surface area contributed by atoms with E-state index in [9.17, 15) is 9.59 Å². The molecule has 0 atom stereocenters. The number of hydrogen-bond acceptors (Lipinski definition) is 4. The number of nitrogens with one attached hydrogen (secondary N) is 1. The minimum absolute atomic E-state index is 0.132. The predicted molar refractivity (Wildman–Crippen MR) is 59.2 cm³/mol. The molecule has 0 radical (unpaired) electrons. The second-order valence-electron chi connectivity index (χ2n) is 3.41. The lowest BCUT2D eigenvalue weighted by Gasteiger charge is -2.05. The number of amides is 1. The Bertz CT molecular complexity index is 250. The summed E-state index contributed by atoms with van der Waals surface area (Å²) in [5, 5.41) is 8.52. The summed E-state index contributed by atoms with van der Waals surface area (Å²) in [6.07, 6.45) is 2.90. The van der Waals surface area contributed by atoms with Crippen LogP contribution in [-0.2, 0) is 14.4 Å². The molecule has 0 aliphatic carbocycles. The van der Waals surface area contributed by atoms with Crippen molar-refractivity contribution in [2.75, 3.05) is 6.61 Å². The summed E-state index contributed by atoms with van der Waals surface area (Å²) in [6.45, 7) is 5.39. The van der Waals surface area contributed by atoms with Gasteiger partial charge in [-0.15, -0.1) is 0 Å². The van der Waals surface area contributed by atoms with Gasteiger partial charge < -0.3 is 9.94 Å². The highest BCUT2D eigenvalue weighted by atomic mass is 16.7. The number of unbranched alkanes of at least 4 members (excludes halogenated alkanes) is 2. The average molecular weight is 229 g/mol. The minimum Gasteiger partial charge on any atom is -0.396 e. The standard InChI is InChI=1S/C11H19NO4/c1-3-9(2)11(15)16-12-10(14)7-5-4-6-8-13/h13H,2-8H2,1H3,(H,12,14). The third-order valence-electron chi connectivity index (χ3n) is 2.03. The Hall–Kier alpha value is -1.36. The van der Waals surface area contributed by atoms with Crippen LogP contribution in [0, 0.1) is 0 Å². The summed E-state index contributed by atoms with van der Waals surface area (Å²) in [5.41, 5.74) is 2.38. The maximum absolute atomic E-state index is 11.1. The summed E-state index contributed by atoms with van der Waals surface area (Å²) in [6, 6.07) is 0. The van der Waals surface area contributed by atoms with Gasteiger partial charge in [-0.05, 0) is 19.3 Å². The van der Waals surface area contributed by atoms with E-state index >= 15 is 0 Å². The van der Waals surface area contributed by atoms with Crippen LogP contribution in [0.1, 0.15) is 39.0 Å². The quantitative estimate of drug-likeness (QED) is 0.389. The molecular weight excluding hydrogens is 210 g/mol. The van der Waals surface area contributed by atoms with E-state index in [1.165, 1.54) is 0 Å². The molecule has 0 fully saturated rings. The molecule has 0 spiro atoms. The molecule has 2 N–H and O–H groups in total. The molecule has 0 heterocycles. The Kier molecular flexibility index (Phi) is 8.15. The highest BCUT2D eigenvalue weighted by molar-refractivity contribution is 5.88. The first-order chi connectivity index (χ1) is 7.61. The maximum Gasteiger partial charge on any atom is 0.358 e. The molecule has 0 aromatic rings. The zero-order valence-corrected chi connectivity index (χ0v) is 9.62. The van der Waals surface area contributed by atoms with Gasteiger partial charge in [0, 0.05) is 18.6 Å². The molecule has 0 rings (SSSR count). The summed E-state index contributed by atoms with van der Waals surface area (Å²) >= 11 is 0. The lowest BCUT2D eigenvalue weighted by atomic mass is 10.2. The number of aliphatic hydroxyl groups excluding tert-OH is 1. The van der Waals surface area contributed by atoms with Crippen LogP contribution in [0.2, 0.25) is 0 Å². The lowest BCUT2D eigenvalue weighted by Crippen LogP contribution is -2.27. The SMILES string of the molecule is C=C(CC)C(=O)ONC(=O)CCCCCO. The summed E-state index contributed by atoms with van der Waals surface area (Å²) in [5.74, 6) is -0.943. The van der Waals surface area contributed by atoms with Gasteiger partial charge in [-0.1, -0.05) is 19.9 Å². The number of carbonyl (C=O) groups is 2. The summed E-state index contributed by atoms with van der Waals surface area (Å²) in [4.78, 5) is 26.8. The largest absolute Gasteiger partial charge is 0.396 e. The minimum atomic E-state index is -0.605. The number of hydroxylamine groups is 1. The molecule has 0 saturated carbocycles. The molecule has 0 aliphatic heterocycles. The molecule has 0 aromatic heterocycles. The smallest absolute Gasteiger partial charge is 0.358 e. The molecular formula is C11H19NO4. The molecule has 0 saturated heterocycles. The molecule has 0 aromatic carbocycles. The normalized spacial score (nSPS) is 9.62. The van der Waals surface area contributed by atoms with Crippen molar-refractivity contribution in [3.8, 4) is 0 Å². The zero-order chi connectivity index (χ0) is 12.4. The van der Waals surface area contributed by atoms with Gasteiger partial charge in [0.25, 0.3) is 5.91 Å². The second-order valence-corrected chi connectivity index (χ2v) is 3.41. The van der Waals surface area contributed by atoms with Crippen molar-refractivity contribution in [3.05, 3.63) is 12.2 Å². The fraction of sp³-hybridized carbons (Fsp3) is 0.636. The van der Waals surface area contributed by atoms with E-state index in [1.807, 2.05) is 0 Å². The van der Waals surface area contributed by atoms with Crippen LogP contribution in [0.15, 0.2) is 12.2 Å². The van der Waals surface area contributed by atoms with Gasteiger partial charge in [0.05, 0.1) is 0 Å². The number of aliphatic hydroxyl groups is 1. The Labute approximate surface area is 95.4 Å². The van der Waals surface area contributed by atoms with E-state index in [0.29, 0.717) is 24.8 Å². The molecule has 0 aliphatic rings. The Morgan fingerprint density at radius 2 is 2.00 bits per heavy atom. The van der Waals surface area contributed by atoms with Crippen LogP contribution in [0.4, 0.5) is 0 Å². The highest BCUT2D eigenvalue weighted by Crippen LogP contribution is 2.00. The van der Waals surface area contributed by atoms with Crippen molar-refractivity contribution in [1.82, 2.24) is 5.48 Å². The Morgan fingerprint density at radius 1 is 1.31 bits per heavy atom. The lowest BCUT2D eigenvalue weighted by molar-refractivity contribution is -0.154. The third-order valence-corrected chi connectivity index (χ3v) is 2.03. The van der Waals surface area contributed by atoms with E-state index in [-0.39, 0.29) is 18.9 Å². The van der Waals surface area contributed by atoms with E-state index in [1.54, 1.807) is 6.92 Å². The van der Waals surface area contributed by atoms with Gasteiger partial charge in [-0.25, -0.2) is 4.79 Å². The maximum atomic E-state index is 11.1. The molecule has 5 heteroatoms. The van der Waals surface area contributed by atoms with Gasteiger partial charge >= 0.3 is 5.97 Å². The van der Waals surface area contributed by atoms with Crippen molar-refractivity contribution in [1.29, 1.82) is 0 Å². The van der Waals surface area contributed by atoms with Crippen molar-refractivity contribution in [3.63, 3.8) is 0 Å². The second kappa shape index (κ2) is 8.91. The predicted octanol–water partition coefficient (Wildman–Crippen LogP) is 1.08. The number of carbonyl (C=O) groups excluding carboxylic acids is 2. The van der Waals surface area contributed by atoms with Crippen LogP contribution in [-0.4, -0.2) is 23.6 Å². The average Bonchev–Trinajstić information content (AvgIpc) is 2.30. The van der Waals surface area contributed by atoms with Crippen LogP contribution in [0.25, 0.3) is 0 Å². The first kappa shape index (κ1) is 14.6. The van der Waals surface area contributed by atoms with Gasteiger partial charge in [0.2, 0.25) is 0 Å². The first-order valence-electron chi connectivity index (χ1n) is 5.40. The van der Waals surface area contributed by atoms with Crippen molar-refractivity contribution >= 4 is 11.9 Å². The molecule has 16 heavy (non-hydrogen) atoms. The summed E-state index contributed by atoms with van der Waals surface area (Å²) < 4.78 is 0. The van der Waals surface area contributed by atoms with E-state index in [4.69, 9.17) is 5.11 Å². The molecule has 0 bridgehead atoms. The number of hydrogen-bond donors (Lipinski definition) is 2. The van der Waals surface area contributed by atoms with Gasteiger partial charge in [0.1, 0.15) is 0 Å². The Balaban J connectivity index is 3.57. The molecule has 0 unspecified atom stereocenters. The molecule has 5 nitrogen and oxygen atoms in total. The highest BCUT2D eigenvalue weighted by Gasteiger charge is 2.08. The van der Waals surface area contributed by atoms with Crippen molar-refractivity contribution < 1.29 is 19.5 Å². The van der Waals surface area contributed by atoms with Crippen LogP contribution >= 0.6 is 0 Å². The first-order valence-corrected chi connectivity index (χ1v) is 5.40. The van der Waals surface area contributed by atoms with E-state index < -0.39 is 5.97 Å². The monoisotopic (exact) mass is 229 g/mol.